The third-order valence-electron chi connectivity index (χ3n) is 3.08. The van der Waals surface area contributed by atoms with Gasteiger partial charge in [0.1, 0.15) is 0 Å². The van der Waals surface area contributed by atoms with Crippen molar-refractivity contribution in [2.24, 2.45) is 5.92 Å². The second-order valence-electron chi connectivity index (χ2n) is 4.79. The first-order chi connectivity index (χ1) is 8.31. The van der Waals surface area contributed by atoms with Gasteiger partial charge in [0.15, 0.2) is 0 Å². The first-order valence-corrected chi connectivity index (χ1v) is 6.17. The van der Waals surface area contributed by atoms with E-state index in [2.05, 4.69) is 33.2 Å². The minimum Gasteiger partial charge on any atom is -0.326 e. The van der Waals surface area contributed by atoms with Crippen molar-refractivity contribution in [1.82, 2.24) is 9.55 Å². The van der Waals surface area contributed by atoms with Gasteiger partial charge in [-0.15, -0.1) is 0 Å². The first kappa shape index (κ1) is 10.4. The maximum absolute atomic E-state index is 4.54. The van der Waals surface area contributed by atoms with Crippen LogP contribution in [-0.2, 0) is 6.54 Å². The average Bonchev–Trinajstić information content (AvgIpc) is 3.06. The predicted molar refractivity (Wildman–Crippen MR) is 69.4 cm³/mol. The lowest BCUT2D eigenvalue weighted by Gasteiger charge is -2.08. The summed E-state index contributed by atoms with van der Waals surface area (Å²) in [7, 11) is 0. The van der Waals surface area contributed by atoms with Gasteiger partial charge in [-0.3, -0.25) is 0 Å². The molecule has 2 aromatic rings. The summed E-state index contributed by atoms with van der Waals surface area (Å²) in [5, 5.41) is 3.38. The fraction of sp³-hybridized carbons (Fsp3) is 0.357. The molecule has 1 fully saturated rings. The van der Waals surface area contributed by atoms with Crippen LogP contribution in [0.15, 0.2) is 36.5 Å². The van der Waals surface area contributed by atoms with Crippen LogP contribution in [0.5, 0.6) is 0 Å². The first-order valence-electron chi connectivity index (χ1n) is 6.17. The fourth-order valence-corrected chi connectivity index (χ4v) is 2.01. The van der Waals surface area contributed by atoms with Crippen LogP contribution in [0.2, 0.25) is 0 Å². The van der Waals surface area contributed by atoms with Gasteiger partial charge in [0.25, 0.3) is 0 Å². The molecule has 1 aromatic carbocycles. The Balaban J connectivity index is 1.81. The Bertz CT molecular complexity index is 497. The molecule has 0 radical (unpaired) electrons. The summed E-state index contributed by atoms with van der Waals surface area (Å²) < 4.78 is 2.24. The Morgan fingerprint density at radius 2 is 2.06 bits per heavy atom. The fourth-order valence-electron chi connectivity index (χ4n) is 2.01. The zero-order valence-electron chi connectivity index (χ0n) is 10.1. The Labute approximate surface area is 101 Å². The van der Waals surface area contributed by atoms with Crippen molar-refractivity contribution in [2.75, 3.05) is 5.32 Å². The molecule has 0 bridgehead atoms. The lowest BCUT2D eigenvalue weighted by atomic mass is 10.3. The maximum Gasteiger partial charge on any atom is 0.207 e. The average molecular weight is 227 g/mol. The normalized spacial score (nSPS) is 14.9. The lowest BCUT2D eigenvalue weighted by molar-refractivity contribution is 0.633. The Hall–Kier alpha value is -1.77. The molecule has 0 saturated heterocycles. The zero-order valence-corrected chi connectivity index (χ0v) is 10.1. The van der Waals surface area contributed by atoms with Gasteiger partial charge < -0.3 is 9.88 Å². The molecule has 88 valence electrons. The summed E-state index contributed by atoms with van der Waals surface area (Å²) in [6.45, 7) is 3.13. The van der Waals surface area contributed by atoms with Gasteiger partial charge in [-0.2, -0.15) is 0 Å². The number of benzene rings is 1. The van der Waals surface area contributed by atoms with E-state index in [1.165, 1.54) is 12.8 Å². The summed E-state index contributed by atoms with van der Waals surface area (Å²) in [6.07, 6.45) is 4.85. The van der Waals surface area contributed by atoms with Crippen molar-refractivity contribution in [3.63, 3.8) is 0 Å². The highest BCUT2D eigenvalue weighted by atomic mass is 15.2. The number of aryl methyl sites for hydroxylation is 1. The van der Waals surface area contributed by atoms with Gasteiger partial charge >= 0.3 is 0 Å². The van der Waals surface area contributed by atoms with Crippen molar-refractivity contribution < 1.29 is 0 Å². The monoisotopic (exact) mass is 227 g/mol. The molecule has 3 heteroatoms. The van der Waals surface area contributed by atoms with E-state index >= 15 is 0 Å². The molecule has 0 amide bonds. The molecule has 1 aliphatic carbocycles. The molecule has 1 aromatic heterocycles. The van der Waals surface area contributed by atoms with Crippen molar-refractivity contribution in [3.05, 3.63) is 42.2 Å². The van der Waals surface area contributed by atoms with Gasteiger partial charge in [-0.25, -0.2) is 4.98 Å². The Morgan fingerprint density at radius 3 is 2.76 bits per heavy atom. The van der Waals surface area contributed by atoms with Crippen LogP contribution in [-0.4, -0.2) is 9.55 Å². The molecular weight excluding hydrogens is 210 g/mol. The summed E-state index contributed by atoms with van der Waals surface area (Å²) in [4.78, 5) is 4.54. The second kappa shape index (κ2) is 4.24. The molecule has 0 aliphatic heterocycles. The van der Waals surface area contributed by atoms with Crippen molar-refractivity contribution in [3.8, 4) is 0 Å². The molecule has 1 saturated carbocycles. The standard InChI is InChI=1S/C14H17N3/c1-11-9-17(10-12-7-8-12)14(15-11)16-13-5-3-2-4-6-13/h2-6,9,12H,7-8,10H2,1H3,(H,15,16). The lowest BCUT2D eigenvalue weighted by Crippen LogP contribution is -2.04. The van der Waals surface area contributed by atoms with Gasteiger partial charge in [-0.1, -0.05) is 18.2 Å². The highest BCUT2D eigenvalue weighted by molar-refractivity contribution is 5.53. The second-order valence-corrected chi connectivity index (χ2v) is 4.79. The van der Waals surface area contributed by atoms with Crippen LogP contribution in [0.4, 0.5) is 11.6 Å². The number of para-hydroxylation sites is 1. The van der Waals surface area contributed by atoms with E-state index in [1.807, 2.05) is 25.1 Å². The number of hydrogen-bond acceptors (Lipinski definition) is 2. The van der Waals surface area contributed by atoms with Crippen LogP contribution in [0, 0.1) is 12.8 Å². The minimum absolute atomic E-state index is 0.861. The SMILES string of the molecule is Cc1cn(CC2CC2)c(Nc2ccccc2)n1. The van der Waals surface area contributed by atoms with E-state index in [0.29, 0.717) is 0 Å². The van der Waals surface area contributed by atoms with Crippen LogP contribution >= 0.6 is 0 Å². The number of hydrogen-bond donors (Lipinski definition) is 1. The van der Waals surface area contributed by atoms with E-state index in [-0.39, 0.29) is 0 Å². The van der Waals surface area contributed by atoms with Crippen LogP contribution < -0.4 is 5.32 Å². The molecule has 1 aliphatic rings. The van der Waals surface area contributed by atoms with Gasteiger partial charge in [0.2, 0.25) is 5.95 Å². The summed E-state index contributed by atoms with van der Waals surface area (Å²) in [5.74, 6) is 1.82. The van der Waals surface area contributed by atoms with E-state index < -0.39 is 0 Å². The summed E-state index contributed by atoms with van der Waals surface area (Å²) in [6, 6.07) is 10.2. The molecule has 3 rings (SSSR count). The molecule has 1 N–H and O–H groups in total. The minimum atomic E-state index is 0.861. The van der Waals surface area contributed by atoms with E-state index in [4.69, 9.17) is 0 Å². The largest absolute Gasteiger partial charge is 0.326 e. The maximum atomic E-state index is 4.54. The van der Waals surface area contributed by atoms with Gasteiger partial charge in [-0.05, 0) is 37.8 Å². The number of imidazole rings is 1. The predicted octanol–water partition coefficient (Wildman–Crippen LogP) is 3.35. The molecule has 0 atom stereocenters. The Kier molecular flexibility index (Phi) is 2.59. The summed E-state index contributed by atoms with van der Waals surface area (Å²) in [5.41, 5.74) is 2.17. The van der Waals surface area contributed by atoms with E-state index in [1.54, 1.807) is 0 Å². The van der Waals surface area contributed by atoms with Crippen LogP contribution in [0.3, 0.4) is 0 Å². The van der Waals surface area contributed by atoms with E-state index in [0.717, 1.165) is 29.8 Å². The molecule has 17 heavy (non-hydrogen) atoms. The molecular formula is C14H17N3. The third kappa shape index (κ3) is 2.49. The number of anilines is 2. The van der Waals surface area contributed by atoms with Gasteiger partial charge in [0, 0.05) is 18.4 Å². The van der Waals surface area contributed by atoms with Crippen molar-refractivity contribution >= 4 is 11.6 Å². The topological polar surface area (TPSA) is 29.9 Å². The number of aromatic nitrogens is 2. The highest BCUT2D eigenvalue weighted by Gasteiger charge is 2.23. The number of rotatable bonds is 4. The molecule has 3 nitrogen and oxygen atoms in total. The van der Waals surface area contributed by atoms with Crippen LogP contribution in [0.25, 0.3) is 0 Å². The molecule has 1 heterocycles. The summed E-state index contributed by atoms with van der Waals surface area (Å²) >= 11 is 0. The van der Waals surface area contributed by atoms with Crippen molar-refractivity contribution in [1.29, 1.82) is 0 Å². The molecule has 0 unspecified atom stereocenters. The smallest absolute Gasteiger partial charge is 0.207 e. The highest BCUT2D eigenvalue weighted by Crippen LogP contribution is 2.32. The van der Waals surface area contributed by atoms with E-state index in [9.17, 15) is 0 Å². The Morgan fingerprint density at radius 1 is 1.29 bits per heavy atom. The third-order valence-corrected chi connectivity index (χ3v) is 3.08. The van der Waals surface area contributed by atoms with Gasteiger partial charge in [0.05, 0.1) is 5.69 Å². The number of nitrogens with one attached hydrogen (secondary N) is 1. The van der Waals surface area contributed by atoms with Crippen molar-refractivity contribution in [2.45, 2.75) is 26.3 Å². The zero-order chi connectivity index (χ0) is 11.7. The number of nitrogens with zero attached hydrogens (tertiary/aromatic N) is 2. The van der Waals surface area contributed by atoms with Crippen LogP contribution in [0.1, 0.15) is 18.5 Å². The quantitative estimate of drug-likeness (QED) is 0.868. The molecule has 0 spiro atoms.